The van der Waals surface area contributed by atoms with Gasteiger partial charge in [-0.05, 0) is 35.7 Å². The van der Waals surface area contributed by atoms with Gasteiger partial charge in [-0.15, -0.1) is 35.3 Å². The molecule has 1 aromatic carbocycles. The first-order valence-corrected chi connectivity index (χ1v) is 12.2. The van der Waals surface area contributed by atoms with Crippen molar-refractivity contribution in [3.8, 4) is 0 Å². The molecule has 8 heteroatoms. The number of thiophene rings is 1. The van der Waals surface area contributed by atoms with Gasteiger partial charge in [-0.25, -0.2) is 0 Å². The van der Waals surface area contributed by atoms with E-state index in [1.165, 1.54) is 16.0 Å². The maximum Gasteiger partial charge on any atom is 0.191 e. The predicted octanol–water partition coefficient (Wildman–Crippen LogP) is 3.95. The second kappa shape index (κ2) is 14.8. The summed E-state index contributed by atoms with van der Waals surface area (Å²) in [5.41, 5.74) is 2.62. The largest absolute Gasteiger partial charge is 0.379 e. The smallest absolute Gasteiger partial charge is 0.191 e. The van der Waals surface area contributed by atoms with Gasteiger partial charge in [0.25, 0.3) is 0 Å². The van der Waals surface area contributed by atoms with Crippen LogP contribution in [0.3, 0.4) is 0 Å². The van der Waals surface area contributed by atoms with E-state index < -0.39 is 0 Å². The third-order valence-electron chi connectivity index (χ3n) is 5.83. The van der Waals surface area contributed by atoms with Crippen LogP contribution in [0.4, 0.5) is 0 Å². The summed E-state index contributed by atoms with van der Waals surface area (Å²) in [6, 6.07) is 13.6. The molecule has 32 heavy (non-hydrogen) atoms. The maximum atomic E-state index is 5.55. The molecule has 0 bridgehead atoms. The highest BCUT2D eigenvalue weighted by Crippen LogP contribution is 2.25. The first-order chi connectivity index (χ1) is 15.2. The van der Waals surface area contributed by atoms with E-state index >= 15 is 0 Å². The molecule has 1 fully saturated rings. The Morgan fingerprint density at radius 1 is 1.09 bits per heavy atom. The minimum atomic E-state index is 0. The van der Waals surface area contributed by atoms with Crippen molar-refractivity contribution in [2.75, 3.05) is 53.0 Å². The molecule has 0 saturated carbocycles. The monoisotopic (exact) mass is 571 g/mol. The lowest BCUT2D eigenvalue weighted by atomic mass is 10.1. The third kappa shape index (κ3) is 8.30. The number of nitrogens with one attached hydrogen (secondary N) is 2. The fourth-order valence-corrected chi connectivity index (χ4v) is 4.71. The quantitative estimate of drug-likeness (QED) is 0.257. The first-order valence-electron chi connectivity index (χ1n) is 11.3. The van der Waals surface area contributed by atoms with Gasteiger partial charge in [-0.2, -0.15) is 0 Å². The zero-order valence-corrected chi connectivity index (χ0v) is 22.7. The zero-order chi connectivity index (χ0) is 21.9. The Labute approximate surface area is 214 Å². The second-order valence-electron chi connectivity index (χ2n) is 7.76. The number of nitrogens with zero attached hydrogens (tertiary/aromatic N) is 3. The molecule has 2 aromatic rings. The van der Waals surface area contributed by atoms with E-state index in [4.69, 9.17) is 4.74 Å². The van der Waals surface area contributed by atoms with E-state index in [9.17, 15) is 0 Å². The number of ether oxygens (including phenoxy) is 1. The summed E-state index contributed by atoms with van der Waals surface area (Å²) in [4.78, 5) is 10.7. The molecule has 0 amide bonds. The van der Waals surface area contributed by atoms with Crippen LogP contribution in [-0.4, -0.2) is 68.7 Å². The summed E-state index contributed by atoms with van der Waals surface area (Å²) in [5, 5.41) is 9.15. The van der Waals surface area contributed by atoms with E-state index in [2.05, 4.69) is 81.1 Å². The van der Waals surface area contributed by atoms with Gasteiger partial charge in [0, 0.05) is 44.6 Å². The third-order valence-corrected chi connectivity index (χ3v) is 6.80. The fourth-order valence-electron chi connectivity index (χ4n) is 3.85. The summed E-state index contributed by atoms with van der Waals surface area (Å²) in [7, 11) is 1.83. The van der Waals surface area contributed by atoms with Crippen LogP contribution in [0.1, 0.15) is 35.9 Å². The van der Waals surface area contributed by atoms with Gasteiger partial charge in [0.15, 0.2) is 5.96 Å². The molecule has 3 rings (SSSR count). The van der Waals surface area contributed by atoms with Gasteiger partial charge in [-0.1, -0.05) is 44.2 Å². The van der Waals surface area contributed by atoms with Crippen LogP contribution < -0.4 is 10.6 Å². The molecule has 1 aromatic heterocycles. The van der Waals surface area contributed by atoms with Crippen molar-refractivity contribution < 1.29 is 4.74 Å². The van der Waals surface area contributed by atoms with E-state index in [1.54, 1.807) is 0 Å². The molecule has 1 aliphatic heterocycles. The SMILES string of the molecule is CCN(CC)Cc1ccc(CNC(=NC)NCC(c2cccs2)N2CCOCC2)cc1.I. The number of benzene rings is 1. The fraction of sp³-hybridized carbons (Fsp3) is 0.542. The van der Waals surface area contributed by atoms with Crippen LogP contribution in [0, 0.1) is 0 Å². The summed E-state index contributed by atoms with van der Waals surface area (Å²) in [5.74, 6) is 0.835. The van der Waals surface area contributed by atoms with Gasteiger partial charge in [0.2, 0.25) is 0 Å². The van der Waals surface area contributed by atoms with Gasteiger partial charge in [0.1, 0.15) is 0 Å². The average Bonchev–Trinajstić information content (AvgIpc) is 3.35. The molecule has 0 spiro atoms. The number of morpholine rings is 1. The number of aliphatic imine (C=N–C) groups is 1. The molecular weight excluding hydrogens is 533 g/mol. The second-order valence-corrected chi connectivity index (χ2v) is 8.74. The number of hydrogen-bond acceptors (Lipinski definition) is 5. The van der Waals surface area contributed by atoms with Crippen LogP contribution in [0.5, 0.6) is 0 Å². The molecule has 1 aliphatic rings. The Morgan fingerprint density at radius 2 is 1.78 bits per heavy atom. The van der Waals surface area contributed by atoms with Crippen molar-refractivity contribution in [1.82, 2.24) is 20.4 Å². The lowest BCUT2D eigenvalue weighted by Gasteiger charge is -2.34. The van der Waals surface area contributed by atoms with Crippen molar-refractivity contribution in [2.24, 2.45) is 4.99 Å². The minimum Gasteiger partial charge on any atom is -0.379 e. The summed E-state index contributed by atoms with van der Waals surface area (Å²) < 4.78 is 5.55. The topological polar surface area (TPSA) is 52.1 Å². The lowest BCUT2D eigenvalue weighted by molar-refractivity contribution is 0.0177. The number of rotatable bonds is 10. The van der Waals surface area contributed by atoms with E-state index in [0.717, 1.165) is 65.0 Å². The number of hydrogen-bond donors (Lipinski definition) is 2. The Morgan fingerprint density at radius 3 is 2.38 bits per heavy atom. The number of guanidine groups is 1. The lowest BCUT2D eigenvalue weighted by Crippen LogP contribution is -2.46. The normalized spacial score (nSPS) is 15.9. The molecular formula is C24H38IN5OS. The molecule has 0 aliphatic carbocycles. The predicted molar refractivity (Wildman–Crippen MR) is 146 cm³/mol. The minimum absolute atomic E-state index is 0. The summed E-state index contributed by atoms with van der Waals surface area (Å²) in [6.07, 6.45) is 0. The molecule has 1 unspecified atom stereocenters. The molecule has 178 valence electrons. The maximum absolute atomic E-state index is 5.55. The Kier molecular flexibility index (Phi) is 12.6. The van der Waals surface area contributed by atoms with Gasteiger partial charge >= 0.3 is 0 Å². The van der Waals surface area contributed by atoms with Crippen LogP contribution in [0.2, 0.25) is 0 Å². The van der Waals surface area contributed by atoms with Crippen LogP contribution in [-0.2, 0) is 17.8 Å². The Bertz CT molecular complexity index is 774. The van der Waals surface area contributed by atoms with E-state index in [0.29, 0.717) is 6.04 Å². The van der Waals surface area contributed by atoms with Crippen molar-refractivity contribution in [2.45, 2.75) is 33.0 Å². The molecule has 1 atom stereocenters. The standard InChI is InChI=1S/C24H37N5OS.HI/c1-4-28(5-2)19-21-10-8-20(9-11-21)17-26-24(25-3)27-18-22(23-7-6-16-31-23)29-12-14-30-15-13-29;/h6-11,16,22H,4-5,12-15,17-19H2,1-3H3,(H2,25,26,27);1H. The average molecular weight is 572 g/mol. The van der Waals surface area contributed by atoms with E-state index in [-0.39, 0.29) is 24.0 Å². The highest BCUT2D eigenvalue weighted by Gasteiger charge is 2.23. The van der Waals surface area contributed by atoms with Crippen molar-refractivity contribution in [3.05, 3.63) is 57.8 Å². The summed E-state index contributed by atoms with van der Waals surface area (Å²) >= 11 is 1.82. The molecule has 2 heterocycles. The number of halogens is 1. The van der Waals surface area contributed by atoms with Gasteiger partial charge in [-0.3, -0.25) is 14.8 Å². The van der Waals surface area contributed by atoms with Crippen molar-refractivity contribution >= 4 is 41.3 Å². The molecule has 0 radical (unpaired) electrons. The van der Waals surface area contributed by atoms with Crippen molar-refractivity contribution in [1.29, 1.82) is 0 Å². The van der Waals surface area contributed by atoms with Crippen molar-refractivity contribution in [3.63, 3.8) is 0 Å². The van der Waals surface area contributed by atoms with Gasteiger partial charge in [0.05, 0.1) is 19.3 Å². The van der Waals surface area contributed by atoms with Crippen LogP contribution >= 0.6 is 35.3 Å². The van der Waals surface area contributed by atoms with Crippen LogP contribution in [0.15, 0.2) is 46.8 Å². The highest BCUT2D eigenvalue weighted by atomic mass is 127. The molecule has 2 N–H and O–H groups in total. The Balaban J connectivity index is 0.00000363. The summed E-state index contributed by atoms with van der Waals surface area (Å²) in [6.45, 7) is 12.7. The Hall–Kier alpha value is -1.20. The van der Waals surface area contributed by atoms with Crippen LogP contribution in [0.25, 0.3) is 0 Å². The molecule has 1 saturated heterocycles. The highest BCUT2D eigenvalue weighted by molar-refractivity contribution is 14.0. The zero-order valence-electron chi connectivity index (χ0n) is 19.5. The molecule has 6 nitrogen and oxygen atoms in total. The van der Waals surface area contributed by atoms with Gasteiger partial charge < -0.3 is 15.4 Å². The first kappa shape index (κ1) is 27.0. The van der Waals surface area contributed by atoms with E-state index in [1.807, 2.05) is 18.4 Å².